The first-order chi connectivity index (χ1) is 13.2. The molecule has 13 heteroatoms. The van der Waals surface area contributed by atoms with Crippen LogP contribution in [0.25, 0.3) is 11.2 Å². The molecule has 0 radical (unpaired) electrons. The Morgan fingerprint density at radius 3 is 2.71 bits per heavy atom. The minimum atomic E-state index is -3.81. The zero-order chi connectivity index (χ0) is 20.8. The molecule has 2 rings (SSSR count). The predicted molar refractivity (Wildman–Crippen MR) is 97.8 cm³/mol. The Bertz CT molecular complexity index is 851. The monoisotopic (exact) mass is 417 g/mol. The molecule has 1 unspecified atom stereocenters. The number of ether oxygens (including phenoxy) is 2. The second-order valence-corrected chi connectivity index (χ2v) is 8.70. The molecule has 0 aliphatic rings. The summed E-state index contributed by atoms with van der Waals surface area (Å²) in [4.78, 5) is 23.8. The molecule has 0 bridgehead atoms. The standard InChI is InChI=1S/C15H24N5O7P/c1-15(2,3)14(22)25-9-27-28(23,26-8-21)10-24-5-4-20-7-19-11-12(16)17-6-18-13(11)20/h6-7,21H,4-5,8-10H2,1-3H3,(H2,16,17,18). The minimum Gasteiger partial charge on any atom is -0.438 e. The van der Waals surface area contributed by atoms with Crippen molar-refractivity contribution >= 4 is 30.5 Å². The summed E-state index contributed by atoms with van der Waals surface area (Å²) in [6.07, 6.45) is 2.42. The number of nitrogens with two attached hydrogens (primary N) is 1. The maximum atomic E-state index is 12.5. The Kier molecular flexibility index (Phi) is 7.44. The van der Waals surface area contributed by atoms with E-state index in [1.165, 1.54) is 12.7 Å². The maximum Gasteiger partial charge on any atom is 0.361 e. The first-order valence-corrected chi connectivity index (χ1v) is 10.0. The van der Waals surface area contributed by atoms with Crippen LogP contribution in [0.2, 0.25) is 0 Å². The average Bonchev–Trinajstić information content (AvgIpc) is 3.03. The summed E-state index contributed by atoms with van der Waals surface area (Å²) in [6, 6.07) is 0. The summed E-state index contributed by atoms with van der Waals surface area (Å²) in [5.41, 5.74) is 6.00. The van der Waals surface area contributed by atoms with Crippen LogP contribution in [0.5, 0.6) is 0 Å². The summed E-state index contributed by atoms with van der Waals surface area (Å²) in [6.45, 7) is 4.04. The summed E-state index contributed by atoms with van der Waals surface area (Å²) in [7, 11) is -3.81. The van der Waals surface area contributed by atoms with Crippen molar-refractivity contribution in [3.05, 3.63) is 12.7 Å². The van der Waals surface area contributed by atoms with Crippen molar-refractivity contribution in [2.24, 2.45) is 5.41 Å². The Morgan fingerprint density at radius 1 is 1.29 bits per heavy atom. The van der Waals surface area contributed by atoms with E-state index >= 15 is 0 Å². The van der Waals surface area contributed by atoms with E-state index in [0.717, 1.165) is 0 Å². The average molecular weight is 417 g/mol. The quantitative estimate of drug-likeness (QED) is 0.246. The van der Waals surface area contributed by atoms with Gasteiger partial charge in [0.2, 0.25) is 6.79 Å². The van der Waals surface area contributed by atoms with Gasteiger partial charge < -0.3 is 24.9 Å². The highest BCUT2D eigenvalue weighted by Crippen LogP contribution is 2.47. The number of fused-ring (bicyclic) bond motifs is 1. The highest BCUT2D eigenvalue weighted by Gasteiger charge is 2.28. The largest absolute Gasteiger partial charge is 0.438 e. The number of aromatic nitrogens is 4. The fourth-order valence-electron chi connectivity index (χ4n) is 1.98. The van der Waals surface area contributed by atoms with E-state index in [1.807, 2.05) is 0 Å². The molecule has 0 aliphatic heterocycles. The van der Waals surface area contributed by atoms with Gasteiger partial charge in [0.15, 0.2) is 18.3 Å². The van der Waals surface area contributed by atoms with Gasteiger partial charge in [0.25, 0.3) is 0 Å². The van der Waals surface area contributed by atoms with E-state index in [0.29, 0.717) is 17.7 Å². The van der Waals surface area contributed by atoms with Crippen LogP contribution in [0, 0.1) is 5.41 Å². The molecule has 0 saturated heterocycles. The number of aliphatic hydroxyl groups excluding tert-OH is 1. The Hall–Kier alpha value is -2.11. The molecule has 0 spiro atoms. The van der Waals surface area contributed by atoms with Crippen molar-refractivity contribution in [1.82, 2.24) is 19.5 Å². The van der Waals surface area contributed by atoms with Crippen molar-refractivity contribution in [1.29, 1.82) is 0 Å². The van der Waals surface area contributed by atoms with Gasteiger partial charge in [-0.2, -0.15) is 0 Å². The molecule has 1 atom stereocenters. The molecule has 0 aromatic carbocycles. The molecule has 156 valence electrons. The highest BCUT2D eigenvalue weighted by molar-refractivity contribution is 7.53. The molecular formula is C15H24N5O7P. The van der Waals surface area contributed by atoms with Gasteiger partial charge in [0.1, 0.15) is 18.2 Å². The minimum absolute atomic E-state index is 0.124. The molecule has 0 amide bonds. The normalized spacial score (nSPS) is 14.1. The second kappa shape index (κ2) is 9.39. The number of anilines is 1. The van der Waals surface area contributed by atoms with Gasteiger partial charge in [-0.05, 0) is 20.8 Å². The predicted octanol–water partition coefficient (Wildman–Crippen LogP) is 1.11. The lowest BCUT2D eigenvalue weighted by Gasteiger charge is -2.20. The number of nitrogen functional groups attached to an aromatic ring is 1. The number of aliphatic hydroxyl groups is 1. The first-order valence-electron chi connectivity index (χ1n) is 8.31. The van der Waals surface area contributed by atoms with Gasteiger partial charge >= 0.3 is 13.6 Å². The fraction of sp³-hybridized carbons (Fsp3) is 0.600. The van der Waals surface area contributed by atoms with Crippen molar-refractivity contribution in [3.8, 4) is 0 Å². The number of carbonyl (C=O) groups is 1. The summed E-state index contributed by atoms with van der Waals surface area (Å²) < 4.78 is 34.1. The van der Waals surface area contributed by atoms with Crippen LogP contribution in [-0.4, -0.2) is 57.1 Å². The van der Waals surface area contributed by atoms with E-state index in [1.54, 1.807) is 25.3 Å². The first kappa shape index (κ1) is 22.2. The number of esters is 1. The van der Waals surface area contributed by atoms with E-state index in [9.17, 15) is 9.36 Å². The molecule has 12 nitrogen and oxygen atoms in total. The zero-order valence-corrected chi connectivity index (χ0v) is 16.8. The molecule has 2 heterocycles. The van der Waals surface area contributed by atoms with Crippen molar-refractivity contribution in [2.75, 3.05) is 32.3 Å². The van der Waals surface area contributed by atoms with Crippen LogP contribution in [0.3, 0.4) is 0 Å². The lowest BCUT2D eigenvalue weighted by atomic mass is 9.98. The summed E-state index contributed by atoms with van der Waals surface area (Å²) in [5, 5.41) is 8.91. The molecule has 0 saturated carbocycles. The van der Waals surface area contributed by atoms with Crippen LogP contribution in [0.15, 0.2) is 12.7 Å². The van der Waals surface area contributed by atoms with E-state index in [2.05, 4.69) is 15.0 Å². The molecule has 2 aromatic heterocycles. The molecule has 0 aliphatic carbocycles. The van der Waals surface area contributed by atoms with Crippen LogP contribution in [-0.2, 0) is 34.4 Å². The molecule has 0 fully saturated rings. The number of carbonyl (C=O) groups excluding carboxylic acids is 1. The van der Waals surface area contributed by atoms with E-state index in [4.69, 9.17) is 29.4 Å². The number of rotatable bonds is 10. The third-order valence-electron chi connectivity index (χ3n) is 3.46. The highest BCUT2D eigenvalue weighted by atomic mass is 31.2. The SMILES string of the molecule is CC(C)(C)C(=O)OCOP(=O)(COCCn1cnc2c(N)ncnc21)OCO. The number of hydrogen-bond acceptors (Lipinski definition) is 11. The topological polar surface area (TPSA) is 161 Å². The van der Waals surface area contributed by atoms with Crippen LogP contribution in [0.4, 0.5) is 5.82 Å². The number of nitrogens with zero attached hydrogens (tertiary/aromatic N) is 4. The lowest BCUT2D eigenvalue weighted by Crippen LogP contribution is -2.24. The van der Waals surface area contributed by atoms with E-state index in [-0.39, 0.29) is 12.4 Å². The van der Waals surface area contributed by atoms with Crippen molar-refractivity contribution in [3.63, 3.8) is 0 Å². The molecule has 3 N–H and O–H groups in total. The van der Waals surface area contributed by atoms with Crippen LogP contribution < -0.4 is 5.73 Å². The molecular weight excluding hydrogens is 393 g/mol. The third kappa shape index (κ3) is 5.94. The summed E-state index contributed by atoms with van der Waals surface area (Å²) >= 11 is 0. The lowest BCUT2D eigenvalue weighted by molar-refractivity contribution is -0.160. The zero-order valence-electron chi connectivity index (χ0n) is 15.9. The second-order valence-electron chi connectivity index (χ2n) is 6.70. The van der Waals surface area contributed by atoms with Crippen molar-refractivity contribution in [2.45, 2.75) is 27.3 Å². The van der Waals surface area contributed by atoms with Gasteiger partial charge in [-0.3, -0.25) is 18.4 Å². The van der Waals surface area contributed by atoms with Crippen LogP contribution in [0.1, 0.15) is 20.8 Å². The third-order valence-corrected chi connectivity index (χ3v) is 4.97. The number of hydrogen-bond donors (Lipinski definition) is 2. The Balaban J connectivity index is 1.84. The summed E-state index contributed by atoms with van der Waals surface area (Å²) in [5.74, 6) is -0.263. The van der Waals surface area contributed by atoms with Gasteiger partial charge in [-0.1, -0.05) is 0 Å². The van der Waals surface area contributed by atoms with Gasteiger partial charge in [0, 0.05) is 6.54 Å². The van der Waals surface area contributed by atoms with Crippen LogP contribution >= 0.6 is 7.60 Å². The van der Waals surface area contributed by atoms with Crippen molar-refractivity contribution < 1.29 is 33.0 Å². The van der Waals surface area contributed by atoms with Gasteiger partial charge in [-0.15, -0.1) is 0 Å². The number of imidazole rings is 1. The Labute approximate surface area is 161 Å². The van der Waals surface area contributed by atoms with Gasteiger partial charge in [0.05, 0.1) is 18.3 Å². The maximum absolute atomic E-state index is 12.5. The smallest absolute Gasteiger partial charge is 0.361 e. The van der Waals surface area contributed by atoms with Gasteiger partial charge in [-0.25, -0.2) is 15.0 Å². The molecule has 2 aromatic rings. The fourth-order valence-corrected chi connectivity index (χ4v) is 2.94. The Morgan fingerprint density at radius 2 is 2.04 bits per heavy atom. The molecule has 28 heavy (non-hydrogen) atoms. The van der Waals surface area contributed by atoms with E-state index < -0.39 is 38.9 Å².